The first-order valence-electron chi connectivity index (χ1n) is 3.26. The Labute approximate surface area is 65.5 Å². The molecule has 3 N–H and O–H groups in total. The van der Waals surface area contributed by atoms with Crippen LogP contribution in [0, 0.1) is 0 Å². The molecule has 0 heterocycles. The molecule has 0 saturated heterocycles. The van der Waals surface area contributed by atoms with Gasteiger partial charge in [-0.25, -0.2) is 0 Å². The maximum absolute atomic E-state index is 10.7. The van der Waals surface area contributed by atoms with Crippen molar-refractivity contribution in [2.24, 2.45) is 5.73 Å². The summed E-state index contributed by atoms with van der Waals surface area (Å²) < 4.78 is 0. The molecule has 0 aromatic carbocycles. The zero-order chi connectivity index (χ0) is 8.85. The molecule has 0 aromatic rings. The van der Waals surface area contributed by atoms with E-state index in [1.807, 2.05) is 0 Å². The van der Waals surface area contributed by atoms with Crippen LogP contribution in [0.1, 0.15) is 13.8 Å². The van der Waals surface area contributed by atoms with E-state index in [1.54, 1.807) is 13.0 Å². The molecular formula is C7H12N2O2. The highest BCUT2D eigenvalue weighted by Crippen LogP contribution is 1.94. The number of rotatable bonds is 4. The Morgan fingerprint density at radius 2 is 2.18 bits per heavy atom. The first-order chi connectivity index (χ1) is 5.13. The van der Waals surface area contributed by atoms with E-state index in [-0.39, 0.29) is 5.78 Å². The smallest absolute Gasteiger partial charge is 0.211 e. The molecule has 0 rings (SSSR count). The molecule has 1 atom stereocenters. The van der Waals surface area contributed by atoms with Gasteiger partial charge in [-0.3, -0.25) is 9.59 Å². The summed E-state index contributed by atoms with van der Waals surface area (Å²) in [7, 11) is 0. The van der Waals surface area contributed by atoms with E-state index in [0.717, 1.165) is 0 Å². The van der Waals surface area contributed by atoms with Gasteiger partial charge in [0.1, 0.15) is 6.04 Å². The molecular weight excluding hydrogens is 144 g/mol. The van der Waals surface area contributed by atoms with Gasteiger partial charge in [0.2, 0.25) is 6.41 Å². The molecule has 0 spiro atoms. The summed E-state index contributed by atoms with van der Waals surface area (Å²) in [5, 5.41) is 2.35. The van der Waals surface area contributed by atoms with Gasteiger partial charge < -0.3 is 11.1 Å². The van der Waals surface area contributed by atoms with Crippen LogP contribution in [0.3, 0.4) is 0 Å². The van der Waals surface area contributed by atoms with Gasteiger partial charge in [-0.05, 0) is 13.8 Å². The average molecular weight is 156 g/mol. The lowest BCUT2D eigenvalue weighted by molar-refractivity contribution is -0.117. The number of Topliss-reactive ketones (excluding diaryl/α,β-unsaturated/α-hetero) is 1. The van der Waals surface area contributed by atoms with Crippen LogP contribution in [0.15, 0.2) is 11.8 Å². The summed E-state index contributed by atoms with van der Waals surface area (Å²) in [6.07, 6.45) is 2.10. The van der Waals surface area contributed by atoms with Gasteiger partial charge in [-0.15, -0.1) is 0 Å². The first-order valence-corrected chi connectivity index (χ1v) is 3.26. The van der Waals surface area contributed by atoms with Crippen LogP contribution < -0.4 is 11.1 Å². The second-order valence-electron chi connectivity index (χ2n) is 2.09. The van der Waals surface area contributed by atoms with Crippen molar-refractivity contribution in [2.45, 2.75) is 19.9 Å². The van der Waals surface area contributed by atoms with E-state index in [9.17, 15) is 9.59 Å². The van der Waals surface area contributed by atoms with Crippen LogP contribution in [0.25, 0.3) is 0 Å². The van der Waals surface area contributed by atoms with Crippen LogP contribution in [0.2, 0.25) is 0 Å². The maximum Gasteiger partial charge on any atom is 0.211 e. The summed E-state index contributed by atoms with van der Waals surface area (Å²) in [6.45, 7) is 3.08. The quantitative estimate of drug-likeness (QED) is 0.541. The van der Waals surface area contributed by atoms with Crippen LogP contribution in [0.4, 0.5) is 0 Å². The SMILES string of the molecule is CC=C(NC=O)C(N)C(C)=O. The van der Waals surface area contributed by atoms with Gasteiger partial charge in [-0.2, -0.15) is 0 Å². The zero-order valence-electron chi connectivity index (χ0n) is 6.63. The number of carbonyl (C=O) groups is 2. The molecule has 4 heteroatoms. The van der Waals surface area contributed by atoms with Gasteiger partial charge in [0.05, 0.1) is 0 Å². The zero-order valence-corrected chi connectivity index (χ0v) is 6.63. The average Bonchev–Trinajstić information content (AvgIpc) is 1.98. The molecule has 0 aromatic heterocycles. The Balaban J connectivity index is 4.26. The van der Waals surface area contributed by atoms with E-state index in [4.69, 9.17) is 5.73 Å². The molecule has 0 fully saturated rings. The Morgan fingerprint density at radius 1 is 1.64 bits per heavy atom. The second kappa shape index (κ2) is 4.62. The summed E-state index contributed by atoms with van der Waals surface area (Å²) in [5.74, 6) is -0.174. The standard InChI is InChI=1S/C7H12N2O2/c1-3-6(9-4-10)7(8)5(2)11/h3-4,7H,8H2,1-2H3,(H,9,10). The second-order valence-corrected chi connectivity index (χ2v) is 2.09. The van der Waals surface area contributed by atoms with Crippen LogP contribution >= 0.6 is 0 Å². The van der Waals surface area contributed by atoms with Gasteiger partial charge in [0.25, 0.3) is 0 Å². The van der Waals surface area contributed by atoms with E-state index >= 15 is 0 Å². The summed E-state index contributed by atoms with van der Waals surface area (Å²) in [6, 6.07) is -0.717. The van der Waals surface area contributed by atoms with Crippen LogP contribution in [-0.2, 0) is 9.59 Å². The Bertz CT molecular complexity index is 187. The van der Waals surface area contributed by atoms with Gasteiger partial charge >= 0.3 is 0 Å². The molecule has 0 aliphatic carbocycles. The minimum absolute atomic E-state index is 0.174. The number of ketones is 1. The summed E-state index contributed by atoms with van der Waals surface area (Å²) >= 11 is 0. The number of amides is 1. The fourth-order valence-corrected chi connectivity index (χ4v) is 0.640. The largest absolute Gasteiger partial charge is 0.331 e. The van der Waals surface area contributed by atoms with Gasteiger partial charge in [-0.1, -0.05) is 6.08 Å². The third-order valence-corrected chi connectivity index (χ3v) is 1.31. The molecule has 11 heavy (non-hydrogen) atoms. The molecule has 1 amide bonds. The highest BCUT2D eigenvalue weighted by molar-refractivity contribution is 5.84. The van der Waals surface area contributed by atoms with Crippen LogP contribution in [-0.4, -0.2) is 18.2 Å². The minimum atomic E-state index is -0.717. The third kappa shape index (κ3) is 2.95. The summed E-state index contributed by atoms with van der Waals surface area (Å²) in [4.78, 5) is 20.7. The Hall–Kier alpha value is -1.16. The highest BCUT2D eigenvalue weighted by atomic mass is 16.1. The lowest BCUT2D eigenvalue weighted by Crippen LogP contribution is -2.36. The van der Waals surface area contributed by atoms with Crippen molar-refractivity contribution >= 4 is 12.2 Å². The van der Waals surface area contributed by atoms with Gasteiger partial charge in [0, 0.05) is 5.70 Å². The van der Waals surface area contributed by atoms with Crippen molar-refractivity contribution in [3.05, 3.63) is 11.8 Å². The fourth-order valence-electron chi connectivity index (χ4n) is 0.640. The predicted octanol–water partition coefficient (Wildman–Crippen LogP) is -0.448. The molecule has 0 radical (unpaired) electrons. The molecule has 62 valence electrons. The first kappa shape index (κ1) is 9.84. The lowest BCUT2D eigenvalue weighted by atomic mass is 10.1. The van der Waals surface area contributed by atoms with E-state index in [2.05, 4.69) is 5.32 Å². The lowest BCUT2D eigenvalue weighted by Gasteiger charge is -2.10. The molecule has 0 bridgehead atoms. The summed E-state index contributed by atoms with van der Waals surface area (Å²) in [5.41, 5.74) is 5.86. The fraction of sp³-hybridized carbons (Fsp3) is 0.429. The number of nitrogens with two attached hydrogens (primary N) is 1. The molecule has 0 aliphatic heterocycles. The van der Waals surface area contributed by atoms with Crippen LogP contribution in [0.5, 0.6) is 0 Å². The topological polar surface area (TPSA) is 72.2 Å². The highest BCUT2D eigenvalue weighted by Gasteiger charge is 2.11. The number of allylic oxidation sites excluding steroid dienone is 1. The monoisotopic (exact) mass is 156 g/mol. The van der Waals surface area contributed by atoms with Gasteiger partial charge in [0.15, 0.2) is 5.78 Å². The van der Waals surface area contributed by atoms with Crippen molar-refractivity contribution in [3.8, 4) is 0 Å². The van der Waals surface area contributed by atoms with Crippen molar-refractivity contribution in [3.63, 3.8) is 0 Å². The maximum atomic E-state index is 10.7. The number of carbonyl (C=O) groups excluding carboxylic acids is 2. The predicted molar refractivity (Wildman–Crippen MR) is 41.6 cm³/mol. The molecule has 0 aliphatic rings. The van der Waals surface area contributed by atoms with E-state index < -0.39 is 6.04 Å². The third-order valence-electron chi connectivity index (χ3n) is 1.31. The Morgan fingerprint density at radius 3 is 2.45 bits per heavy atom. The van der Waals surface area contributed by atoms with Crippen molar-refractivity contribution in [1.29, 1.82) is 0 Å². The Kier molecular flexibility index (Phi) is 4.14. The van der Waals surface area contributed by atoms with E-state index in [1.165, 1.54) is 6.92 Å². The molecule has 4 nitrogen and oxygen atoms in total. The van der Waals surface area contributed by atoms with Crippen molar-refractivity contribution in [1.82, 2.24) is 5.32 Å². The number of hydrogen-bond acceptors (Lipinski definition) is 3. The van der Waals surface area contributed by atoms with Crippen molar-refractivity contribution < 1.29 is 9.59 Å². The van der Waals surface area contributed by atoms with Crippen molar-refractivity contribution in [2.75, 3.05) is 0 Å². The number of nitrogens with one attached hydrogen (secondary N) is 1. The number of hydrogen-bond donors (Lipinski definition) is 2. The molecule has 1 unspecified atom stereocenters. The normalized spacial score (nSPS) is 13.9. The minimum Gasteiger partial charge on any atom is -0.331 e. The molecule has 0 saturated carbocycles. The van der Waals surface area contributed by atoms with E-state index in [0.29, 0.717) is 12.1 Å².